The van der Waals surface area contributed by atoms with E-state index in [4.69, 9.17) is 9.47 Å². The van der Waals surface area contributed by atoms with Gasteiger partial charge >= 0.3 is 5.97 Å². The fourth-order valence-electron chi connectivity index (χ4n) is 5.42. The van der Waals surface area contributed by atoms with Crippen molar-refractivity contribution >= 4 is 11.8 Å². The van der Waals surface area contributed by atoms with Crippen LogP contribution in [0.3, 0.4) is 0 Å². The summed E-state index contributed by atoms with van der Waals surface area (Å²) in [5.74, 6) is 0.231. The third-order valence-electron chi connectivity index (χ3n) is 7.33. The molecule has 0 aromatic heterocycles. The molecule has 1 heterocycles. The van der Waals surface area contributed by atoms with Gasteiger partial charge in [0.2, 0.25) is 0 Å². The first kappa shape index (κ1) is 26.5. The molecule has 0 radical (unpaired) electrons. The molecule has 0 amide bonds. The van der Waals surface area contributed by atoms with Crippen molar-refractivity contribution in [3.8, 4) is 5.75 Å². The summed E-state index contributed by atoms with van der Waals surface area (Å²) in [5, 5.41) is 3.43. The standard InChI is InChI=1S/C34H35NO4/c1-22(2)20-39-34(37)31-23(3)35-29-18-27(25-12-8-5-9-13-25)19-30(36)33(29)32(31)26-14-16-28(17-15-26)38-21-24-10-6-4-7-11-24/h4-17,22,27,32,35H,18-21H2,1-3H3/t27-,32+/m0/s1. The second-order valence-electron chi connectivity index (χ2n) is 10.8. The number of carbonyl (C=O) groups is 2. The van der Waals surface area contributed by atoms with Crippen molar-refractivity contribution in [1.82, 2.24) is 5.32 Å². The van der Waals surface area contributed by atoms with Crippen molar-refractivity contribution in [3.63, 3.8) is 0 Å². The number of esters is 1. The molecule has 39 heavy (non-hydrogen) atoms. The second-order valence-corrected chi connectivity index (χ2v) is 10.8. The van der Waals surface area contributed by atoms with E-state index >= 15 is 0 Å². The zero-order valence-corrected chi connectivity index (χ0v) is 22.8. The summed E-state index contributed by atoms with van der Waals surface area (Å²) in [6.45, 7) is 6.71. The molecular formula is C34H35NO4. The van der Waals surface area contributed by atoms with Crippen LogP contribution in [-0.2, 0) is 20.9 Å². The van der Waals surface area contributed by atoms with Crippen LogP contribution in [0.15, 0.2) is 107 Å². The van der Waals surface area contributed by atoms with Crippen LogP contribution in [0.5, 0.6) is 5.75 Å². The van der Waals surface area contributed by atoms with Crippen LogP contribution in [0.25, 0.3) is 0 Å². The van der Waals surface area contributed by atoms with Gasteiger partial charge in [0, 0.05) is 29.3 Å². The third-order valence-corrected chi connectivity index (χ3v) is 7.33. The third kappa shape index (κ3) is 5.98. The quantitative estimate of drug-likeness (QED) is 0.329. The number of ketones is 1. The van der Waals surface area contributed by atoms with Gasteiger partial charge in [0.15, 0.2) is 5.78 Å². The monoisotopic (exact) mass is 521 g/mol. The van der Waals surface area contributed by atoms with Gasteiger partial charge in [-0.25, -0.2) is 4.79 Å². The molecule has 3 aromatic carbocycles. The Bertz CT molecular complexity index is 1390. The highest BCUT2D eigenvalue weighted by atomic mass is 16.5. The smallest absolute Gasteiger partial charge is 0.336 e. The minimum absolute atomic E-state index is 0.0636. The number of benzene rings is 3. The van der Waals surface area contributed by atoms with Crippen molar-refractivity contribution in [2.45, 2.75) is 52.1 Å². The van der Waals surface area contributed by atoms with E-state index in [1.807, 2.05) is 93.6 Å². The lowest BCUT2D eigenvalue weighted by Gasteiger charge is -2.36. The van der Waals surface area contributed by atoms with Gasteiger partial charge in [0.1, 0.15) is 12.4 Å². The normalized spacial score (nSPS) is 19.0. The van der Waals surface area contributed by atoms with Crippen LogP contribution in [0.2, 0.25) is 0 Å². The average Bonchev–Trinajstić information content (AvgIpc) is 2.95. The number of nitrogens with one attached hydrogen (secondary N) is 1. The molecule has 0 saturated heterocycles. The highest BCUT2D eigenvalue weighted by Gasteiger charge is 2.41. The van der Waals surface area contributed by atoms with Gasteiger partial charge in [-0.1, -0.05) is 86.6 Å². The summed E-state index contributed by atoms with van der Waals surface area (Å²) < 4.78 is 11.7. The zero-order valence-electron chi connectivity index (χ0n) is 22.8. The fraction of sp³-hybridized carbons (Fsp3) is 0.294. The molecule has 2 aliphatic rings. The van der Waals surface area contributed by atoms with Gasteiger partial charge < -0.3 is 14.8 Å². The molecule has 0 fully saturated rings. The molecule has 0 spiro atoms. The first-order valence-electron chi connectivity index (χ1n) is 13.6. The number of hydrogen-bond donors (Lipinski definition) is 1. The number of rotatable bonds is 8. The summed E-state index contributed by atoms with van der Waals surface area (Å²) in [6, 6.07) is 27.9. The Balaban J connectivity index is 1.47. The molecule has 0 bridgehead atoms. The predicted octanol–water partition coefficient (Wildman–Crippen LogP) is 6.83. The number of carbonyl (C=O) groups excluding carboxylic acids is 2. The molecule has 0 unspecified atom stereocenters. The van der Waals surface area contributed by atoms with Crippen molar-refractivity contribution in [3.05, 3.63) is 124 Å². The molecule has 1 aliphatic carbocycles. The predicted molar refractivity (Wildman–Crippen MR) is 152 cm³/mol. The van der Waals surface area contributed by atoms with E-state index in [0.29, 0.717) is 37.2 Å². The maximum absolute atomic E-state index is 13.8. The summed E-state index contributed by atoms with van der Waals surface area (Å²) in [6.07, 6.45) is 1.12. The highest BCUT2D eigenvalue weighted by Crippen LogP contribution is 2.46. The lowest BCUT2D eigenvalue weighted by molar-refractivity contribution is -0.140. The Morgan fingerprint density at radius 3 is 2.23 bits per heavy atom. The molecule has 1 aliphatic heterocycles. The minimum Gasteiger partial charge on any atom is -0.489 e. The average molecular weight is 522 g/mol. The first-order valence-corrected chi connectivity index (χ1v) is 13.6. The molecule has 5 rings (SSSR count). The molecule has 1 N–H and O–H groups in total. The van der Waals surface area contributed by atoms with E-state index in [0.717, 1.165) is 33.8 Å². The van der Waals surface area contributed by atoms with Crippen LogP contribution < -0.4 is 10.1 Å². The lowest BCUT2D eigenvalue weighted by Crippen LogP contribution is -2.36. The summed E-state index contributed by atoms with van der Waals surface area (Å²) >= 11 is 0. The Labute approximate surface area is 230 Å². The zero-order chi connectivity index (χ0) is 27.4. The Morgan fingerprint density at radius 2 is 1.56 bits per heavy atom. The van der Waals surface area contributed by atoms with E-state index in [9.17, 15) is 9.59 Å². The van der Waals surface area contributed by atoms with Gasteiger partial charge in [-0.3, -0.25) is 4.79 Å². The molecular weight excluding hydrogens is 486 g/mol. The maximum atomic E-state index is 13.8. The number of ether oxygens (including phenoxy) is 2. The van der Waals surface area contributed by atoms with Crippen LogP contribution in [-0.4, -0.2) is 18.4 Å². The topological polar surface area (TPSA) is 64.6 Å². The van der Waals surface area contributed by atoms with Gasteiger partial charge in [-0.05, 0) is 54.0 Å². The van der Waals surface area contributed by atoms with Crippen LogP contribution >= 0.6 is 0 Å². The molecule has 5 nitrogen and oxygen atoms in total. The number of dihydropyridines is 1. The SMILES string of the molecule is CC1=C(C(=O)OCC(C)C)[C@@H](c2ccc(OCc3ccccc3)cc2)C2=C(C[C@H](c3ccccc3)CC2=O)N1. The molecule has 3 aromatic rings. The van der Waals surface area contributed by atoms with Crippen molar-refractivity contribution in [2.24, 2.45) is 5.92 Å². The van der Waals surface area contributed by atoms with Crippen molar-refractivity contribution in [1.29, 1.82) is 0 Å². The molecule has 200 valence electrons. The maximum Gasteiger partial charge on any atom is 0.336 e. The summed E-state index contributed by atoms with van der Waals surface area (Å²) in [5.41, 5.74) is 5.91. The van der Waals surface area contributed by atoms with E-state index in [2.05, 4.69) is 17.4 Å². The molecule has 2 atom stereocenters. The highest BCUT2D eigenvalue weighted by molar-refractivity contribution is 6.04. The van der Waals surface area contributed by atoms with Crippen molar-refractivity contribution in [2.75, 3.05) is 6.61 Å². The first-order chi connectivity index (χ1) is 18.9. The Hall–Kier alpha value is -4.12. The van der Waals surface area contributed by atoms with Gasteiger partial charge in [-0.2, -0.15) is 0 Å². The fourth-order valence-corrected chi connectivity index (χ4v) is 5.42. The van der Waals surface area contributed by atoms with Gasteiger partial charge in [0.25, 0.3) is 0 Å². The lowest BCUT2D eigenvalue weighted by atomic mass is 9.71. The number of Topliss-reactive ketones (excluding diaryl/α,β-unsaturated/α-hetero) is 1. The van der Waals surface area contributed by atoms with Crippen LogP contribution in [0.1, 0.15) is 62.1 Å². The van der Waals surface area contributed by atoms with Gasteiger partial charge in [0.05, 0.1) is 12.2 Å². The Kier molecular flexibility index (Phi) is 7.97. The second kappa shape index (κ2) is 11.7. The number of hydrogen-bond acceptors (Lipinski definition) is 5. The largest absolute Gasteiger partial charge is 0.489 e. The minimum atomic E-state index is -0.492. The van der Waals surface area contributed by atoms with E-state index in [1.165, 1.54) is 0 Å². The van der Waals surface area contributed by atoms with Crippen molar-refractivity contribution < 1.29 is 19.1 Å². The van der Waals surface area contributed by atoms with E-state index in [1.54, 1.807) is 0 Å². The van der Waals surface area contributed by atoms with E-state index in [-0.39, 0.29) is 23.6 Å². The van der Waals surface area contributed by atoms with Crippen LogP contribution in [0, 0.1) is 5.92 Å². The van der Waals surface area contributed by atoms with Crippen LogP contribution in [0.4, 0.5) is 0 Å². The van der Waals surface area contributed by atoms with E-state index < -0.39 is 5.92 Å². The molecule has 5 heteroatoms. The summed E-state index contributed by atoms with van der Waals surface area (Å²) in [4.78, 5) is 27.2. The molecule has 0 saturated carbocycles. The van der Waals surface area contributed by atoms with Gasteiger partial charge in [-0.15, -0.1) is 0 Å². The number of allylic oxidation sites excluding steroid dienone is 3. The Morgan fingerprint density at radius 1 is 0.897 bits per heavy atom. The summed E-state index contributed by atoms with van der Waals surface area (Å²) in [7, 11) is 0.